The Hall–Kier alpha value is -0.0800. The lowest BCUT2D eigenvalue weighted by atomic mass is 9.83. The molecular weight excluding hydrogens is 198 g/mol. The van der Waals surface area contributed by atoms with Gasteiger partial charge in [-0.3, -0.25) is 0 Å². The molecule has 1 aliphatic rings. The fourth-order valence-corrected chi connectivity index (χ4v) is 2.12. The summed E-state index contributed by atoms with van der Waals surface area (Å²) in [5.74, 6) is 0.991. The molecule has 96 valence electrons. The van der Waals surface area contributed by atoms with Crippen molar-refractivity contribution in [1.82, 2.24) is 5.32 Å². The Kier molecular flexibility index (Phi) is 7.87. The maximum absolute atomic E-state index is 5.67. The van der Waals surface area contributed by atoms with Crippen LogP contribution in [0.1, 0.15) is 58.8 Å². The summed E-state index contributed by atoms with van der Waals surface area (Å²) >= 11 is 0. The topological polar surface area (TPSA) is 21.3 Å². The van der Waals surface area contributed by atoms with Crippen LogP contribution in [0.15, 0.2) is 0 Å². The van der Waals surface area contributed by atoms with Crippen molar-refractivity contribution in [2.75, 3.05) is 19.8 Å². The van der Waals surface area contributed by atoms with E-state index < -0.39 is 0 Å². The third kappa shape index (κ3) is 6.49. The van der Waals surface area contributed by atoms with Gasteiger partial charge in [-0.05, 0) is 45.1 Å². The molecule has 0 amide bonds. The highest BCUT2D eigenvalue weighted by atomic mass is 16.5. The summed E-state index contributed by atoms with van der Waals surface area (Å²) in [7, 11) is 0. The molecule has 0 aromatic heterocycles. The van der Waals surface area contributed by atoms with Gasteiger partial charge < -0.3 is 10.1 Å². The van der Waals surface area contributed by atoms with Crippen molar-refractivity contribution >= 4 is 0 Å². The van der Waals surface area contributed by atoms with E-state index in [1.807, 2.05) is 0 Å². The molecule has 0 saturated heterocycles. The van der Waals surface area contributed by atoms with Crippen LogP contribution in [0.3, 0.4) is 0 Å². The van der Waals surface area contributed by atoms with E-state index >= 15 is 0 Å². The molecular formula is C14H29NO. The van der Waals surface area contributed by atoms with Crippen molar-refractivity contribution < 1.29 is 4.74 Å². The van der Waals surface area contributed by atoms with E-state index in [4.69, 9.17) is 4.74 Å². The minimum Gasteiger partial charge on any atom is -0.381 e. The van der Waals surface area contributed by atoms with Crippen molar-refractivity contribution in [3.8, 4) is 0 Å². The molecule has 0 heterocycles. The van der Waals surface area contributed by atoms with Crippen LogP contribution in [0, 0.1) is 5.92 Å². The molecule has 2 heteroatoms. The van der Waals surface area contributed by atoms with E-state index in [1.165, 1.54) is 44.9 Å². The zero-order chi connectivity index (χ0) is 11.6. The SMILES string of the molecule is CCCNC(C)CCCOCCC1CCC1. The third-order valence-corrected chi connectivity index (χ3v) is 3.56. The molecule has 1 rings (SSSR count). The molecule has 16 heavy (non-hydrogen) atoms. The Balaban J connectivity index is 1.76. The van der Waals surface area contributed by atoms with Crippen molar-refractivity contribution in [1.29, 1.82) is 0 Å². The van der Waals surface area contributed by atoms with Gasteiger partial charge >= 0.3 is 0 Å². The maximum Gasteiger partial charge on any atom is 0.0468 e. The van der Waals surface area contributed by atoms with Crippen LogP contribution in [-0.2, 0) is 4.74 Å². The summed E-state index contributed by atoms with van der Waals surface area (Å²) in [6.07, 6.45) is 9.30. The van der Waals surface area contributed by atoms with Gasteiger partial charge in [0.2, 0.25) is 0 Å². The highest BCUT2D eigenvalue weighted by Gasteiger charge is 2.16. The van der Waals surface area contributed by atoms with Crippen molar-refractivity contribution in [3.63, 3.8) is 0 Å². The molecule has 0 aliphatic heterocycles. The Morgan fingerprint density at radius 2 is 2.12 bits per heavy atom. The van der Waals surface area contributed by atoms with Crippen LogP contribution in [0.2, 0.25) is 0 Å². The minimum atomic E-state index is 0.648. The average Bonchev–Trinajstić information content (AvgIpc) is 2.22. The quantitative estimate of drug-likeness (QED) is 0.578. The van der Waals surface area contributed by atoms with Gasteiger partial charge in [0, 0.05) is 19.3 Å². The van der Waals surface area contributed by atoms with Gasteiger partial charge in [-0.1, -0.05) is 26.2 Å². The second-order valence-corrected chi connectivity index (χ2v) is 5.20. The van der Waals surface area contributed by atoms with Crippen LogP contribution >= 0.6 is 0 Å². The minimum absolute atomic E-state index is 0.648. The third-order valence-electron chi connectivity index (χ3n) is 3.56. The summed E-state index contributed by atoms with van der Waals surface area (Å²) in [5.41, 5.74) is 0. The highest BCUT2D eigenvalue weighted by molar-refractivity contribution is 4.68. The summed E-state index contributed by atoms with van der Waals surface area (Å²) in [4.78, 5) is 0. The molecule has 0 bridgehead atoms. The zero-order valence-corrected chi connectivity index (χ0v) is 11.1. The lowest BCUT2D eigenvalue weighted by Crippen LogP contribution is -2.26. The van der Waals surface area contributed by atoms with E-state index in [9.17, 15) is 0 Å². The van der Waals surface area contributed by atoms with E-state index in [0.717, 1.165) is 25.7 Å². The van der Waals surface area contributed by atoms with Gasteiger partial charge in [0.05, 0.1) is 0 Å². The smallest absolute Gasteiger partial charge is 0.0468 e. The summed E-state index contributed by atoms with van der Waals surface area (Å²) in [6, 6.07) is 0.648. The molecule has 1 aliphatic carbocycles. The van der Waals surface area contributed by atoms with E-state index in [2.05, 4.69) is 19.2 Å². The first-order chi connectivity index (χ1) is 7.83. The van der Waals surface area contributed by atoms with Crippen molar-refractivity contribution in [2.24, 2.45) is 5.92 Å². The van der Waals surface area contributed by atoms with Gasteiger partial charge in [-0.2, -0.15) is 0 Å². The average molecular weight is 227 g/mol. The molecule has 1 atom stereocenters. The van der Waals surface area contributed by atoms with Gasteiger partial charge in [-0.15, -0.1) is 0 Å². The van der Waals surface area contributed by atoms with E-state index in [1.54, 1.807) is 0 Å². The van der Waals surface area contributed by atoms with E-state index in [0.29, 0.717) is 6.04 Å². The Morgan fingerprint density at radius 1 is 1.31 bits per heavy atom. The first kappa shape index (κ1) is 14.0. The Morgan fingerprint density at radius 3 is 2.75 bits per heavy atom. The number of hydrogen-bond acceptors (Lipinski definition) is 2. The molecule has 0 aromatic rings. The van der Waals surface area contributed by atoms with Crippen molar-refractivity contribution in [2.45, 2.75) is 64.8 Å². The lowest BCUT2D eigenvalue weighted by Gasteiger charge is -2.24. The van der Waals surface area contributed by atoms with Crippen LogP contribution in [0.25, 0.3) is 0 Å². The van der Waals surface area contributed by atoms with Crippen molar-refractivity contribution in [3.05, 3.63) is 0 Å². The predicted octanol–water partition coefficient (Wildman–Crippen LogP) is 3.36. The van der Waals surface area contributed by atoms with Crippen LogP contribution < -0.4 is 5.32 Å². The Bertz CT molecular complexity index is 157. The van der Waals surface area contributed by atoms with Crippen LogP contribution in [0.5, 0.6) is 0 Å². The summed E-state index contributed by atoms with van der Waals surface area (Å²) < 4.78 is 5.67. The van der Waals surface area contributed by atoms with Crippen LogP contribution in [0.4, 0.5) is 0 Å². The molecule has 1 fully saturated rings. The molecule has 0 radical (unpaired) electrons. The maximum atomic E-state index is 5.67. The standard InChI is InChI=1S/C14H29NO/c1-3-10-15-13(2)6-5-11-16-12-9-14-7-4-8-14/h13-15H,3-12H2,1-2H3. The number of hydrogen-bond donors (Lipinski definition) is 1. The van der Waals surface area contributed by atoms with Gasteiger partial charge in [-0.25, -0.2) is 0 Å². The predicted molar refractivity (Wildman–Crippen MR) is 69.8 cm³/mol. The number of ether oxygens (including phenoxy) is 1. The molecule has 1 unspecified atom stereocenters. The van der Waals surface area contributed by atoms with Gasteiger partial charge in [0.1, 0.15) is 0 Å². The first-order valence-electron chi connectivity index (χ1n) is 7.14. The highest BCUT2D eigenvalue weighted by Crippen LogP contribution is 2.29. The zero-order valence-electron chi connectivity index (χ0n) is 11.1. The molecule has 0 spiro atoms. The first-order valence-corrected chi connectivity index (χ1v) is 7.14. The molecule has 1 saturated carbocycles. The monoisotopic (exact) mass is 227 g/mol. The largest absolute Gasteiger partial charge is 0.381 e. The summed E-state index contributed by atoms with van der Waals surface area (Å²) in [6.45, 7) is 7.56. The second kappa shape index (κ2) is 9.00. The Labute approximate surface area is 101 Å². The second-order valence-electron chi connectivity index (χ2n) is 5.20. The molecule has 2 nitrogen and oxygen atoms in total. The molecule has 0 aromatic carbocycles. The number of nitrogens with one attached hydrogen (secondary N) is 1. The fraction of sp³-hybridized carbons (Fsp3) is 1.00. The van der Waals surface area contributed by atoms with Gasteiger partial charge in [0.25, 0.3) is 0 Å². The van der Waals surface area contributed by atoms with Gasteiger partial charge in [0.15, 0.2) is 0 Å². The normalized spacial score (nSPS) is 18.4. The fourth-order valence-electron chi connectivity index (χ4n) is 2.12. The van der Waals surface area contributed by atoms with E-state index in [-0.39, 0.29) is 0 Å². The van der Waals surface area contributed by atoms with Crippen LogP contribution in [-0.4, -0.2) is 25.8 Å². The summed E-state index contributed by atoms with van der Waals surface area (Å²) in [5, 5.41) is 3.50. The molecule has 1 N–H and O–H groups in total. The number of rotatable bonds is 10. The lowest BCUT2D eigenvalue weighted by molar-refractivity contribution is 0.102.